The lowest BCUT2D eigenvalue weighted by Gasteiger charge is -2.03. The molecule has 0 saturated heterocycles. The predicted octanol–water partition coefficient (Wildman–Crippen LogP) is 1.03. The van der Waals surface area contributed by atoms with Crippen molar-refractivity contribution >= 4 is 11.8 Å². The molecule has 0 unspecified atom stereocenters. The van der Waals surface area contributed by atoms with Crippen LogP contribution in [0.25, 0.3) is 5.82 Å². The highest BCUT2D eigenvalue weighted by Crippen LogP contribution is 2.15. The number of hydrogen-bond acceptors (Lipinski definition) is 5. The van der Waals surface area contributed by atoms with Crippen LogP contribution in [0, 0.1) is 0 Å². The molecule has 0 atom stereocenters. The molecular weight excluding hydrogens is 220 g/mol. The quantitative estimate of drug-likeness (QED) is 0.799. The fourth-order valence-electron chi connectivity index (χ4n) is 1.39. The van der Waals surface area contributed by atoms with Gasteiger partial charge < -0.3 is 10.5 Å². The second-order valence-corrected chi connectivity index (χ2v) is 3.26. The molecule has 0 bridgehead atoms. The number of ether oxygens (including phenoxy) is 1. The van der Waals surface area contributed by atoms with E-state index < -0.39 is 5.97 Å². The second kappa shape index (κ2) is 4.65. The Kier molecular flexibility index (Phi) is 3.04. The van der Waals surface area contributed by atoms with Crippen molar-refractivity contribution in [3.8, 4) is 5.82 Å². The molecule has 2 rings (SSSR count). The minimum atomic E-state index is -0.528. The Labute approximate surface area is 98.1 Å². The highest BCUT2D eigenvalue weighted by molar-refractivity contribution is 5.92. The number of carbonyl (C=O) groups excluding carboxylic acids is 1. The van der Waals surface area contributed by atoms with E-state index in [-0.39, 0.29) is 18.1 Å². The zero-order chi connectivity index (χ0) is 12.3. The van der Waals surface area contributed by atoms with E-state index in [1.165, 1.54) is 10.9 Å². The van der Waals surface area contributed by atoms with Gasteiger partial charge in [-0.3, -0.25) is 4.57 Å². The summed E-state index contributed by atoms with van der Waals surface area (Å²) in [6.45, 7) is 2.01. The van der Waals surface area contributed by atoms with Gasteiger partial charge in [-0.1, -0.05) is 6.07 Å². The Morgan fingerprint density at radius 2 is 2.29 bits per heavy atom. The van der Waals surface area contributed by atoms with Gasteiger partial charge in [-0.15, -0.1) is 0 Å². The minimum absolute atomic E-state index is 0.109. The molecule has 0 amide bonds. The van der Waals surface area contributed by atoms with Crippen molar-refractivity contribution in [3.63, 3.8) is 0 Å². The Hall–Kier alpha value is -2.37. The maximum Gasteiger partial charge on any atom is 0.360 e. The van der Waals surface area contributed by atoms with Gasteiger partial charge in [0.2, 0.25) is 0 Å². The van der Waals surface area contributed by atoms with Crippen LogP contribution in [0.2, 0.25) is 0 Å². The number of esters is 1. The second-order valence-electron chi connectivity index (χ2n) is 3.26. The number of nitrogen functional groups attached to an aromatic ring is 1. The number of aromatic nitrogens is 3. The van der Waals surface area contributed by atoms with E-state index >= 15 is 0 Å². The fraction of sp³-hybridized carbons (Fsp3) is 0.182. The summed E-state index contributed by atoms with van der Waals surface area (Å²) < 4.78 is 6.38. The van der Waals surface area contributed by atoms with Crippen molar-refractivity contribution in [3.05, 3.63) is 36.4 Å². The molecule has 0 aromatic carbocycles. The lowest BCUT2D eigenvalue weighted by Crippen LogP contribution is -2.09. The highest BCUT2D eigenvalue weighted by atomic mass is 16.5. The number of hydrogen-bond donors (Lipinski definition) is 1. The van der Waals surface area contributed by atoms with Crippen molar-refractivity contribution in [2.45, 2.75) is 6.92 Å². The number of carbonyl (C=O) groups is 1. The molecule has 0 aliphatic rings. The maximum absolute atomic E-state index is 11.5. The van der Waals surface area contributed by atoms with Gasteiger partial charge in [0.1, 0.15) is 18.0 Å². The van der Waals surface area contributed by atoms with E-state index in [0.29, 0.717) is 5.82 Å². The molecule has 0 aliphatic heterocycles. The van der Waals surface area contributed by atoms with E-state index in [0.717, 1.165) is 0 Å². The molecule has 17 heavy (non-hydrogen) atoms. The van der Waals surface area contributed by atoms with Crippen LogP contribution < -0.4 is 5.73 Å². The molecule has 0 aliphatic carbocycles. The molecule has 0 fully saturated rings. The first-order valence-electron chi connectivity index (χ1n) is 5.15. The first kappa shape index (κ1) is 11.1. The number of rotatable bonds is 3. The first-order valence-corrected chi connectivity index (χ1v) is 5.15. The molecular formula is C11H12N4O2. The lowest BCUT2D eigenvalue weighted by atomic mass is 10.4. The Morgan fingerprint density at radius 3 is 2.94 bits per heavy atom. The largest absolute Gasteiger partial charge is 0.461 e. The molecule has 0 radical (unpaired) electrons. The standard InChI is InChI=1S/C11H12N4O2/c1-2-17-11(16)9-10(12)15(7-14-9)8-5-3-4-6-13-8/h3-7H,2,12H2,1H3. The van der Waals surface area contributed by atoms with E-state index in [1.54, 1.807) is 25.3 Å². The summed E-state index contributed by atoms with van der Waals surface area (Å²) in [5.41, 5.74) is 5.93. The summed E-state index contributed by atoms with van der Waals surface area (Å²) in [5.74, 6) is 0.301. The number of pyridine rings is 1. The van der Waals surface area contributed by atoms with E-state index in [4.69, 9.17) is 10.5 Å². The summed E-state index contributed by atoms with van der Waals surface area (Å²) in [6, 6.07) is 5.39. The van der Waals surface area contributed by atoms with Crippen LogP contribution in [0.5, 0.6) is 0 Å². The van der Waals surface area contributed by atoms with E-state index in [2.05, 4.69) is 9.97 Å². The number of nitrogens with two attached hydrogens (primary N) is 1. The van der Waals surface area contributed by atoms with Gasteiger partial charge in [0.15, 0.2) is 5.69 Å². The number of nitrogens with zero attached hydrogens (tertiary/aromatic N) is 3. The van der Waals surface area contributed by atoms with Crippen molar-refractivity contribution in [1.29, 1.82) is 0 Å². The first-order chi connectivity index (χ1) is 8.24. The molecule has 6 nitrogen and oxygen atoms in total. The monoisotopic (exact) mass is 232 g/mol. The van der Waals surface area contributed by atoms with E-state index in [9.17, 15) is 4.79 Å². The SMILES string of the molecule is CCOC(=O)c1ncn(-c2ccccn2)c1N. The molecule has 88 valence electrons. The molecule has 2 N–H and O–H groups in total. The van der Waals surface area contributed by atoms with Crippen LogP contribution in [0.3, 0.4) is 0 Å². The van der Waals surface area contributed by atoms with Crippen LogP contribution in [0.4, 0.5) is 5.82 Å². The molecule has 0 spiro atoms. The summed E-state index contributed by atoms with van der Waals surface area (Å²) in [7, 11) is 0. The summed E-state index contributed by atoms with van der Waals surface area (Å²) in [6.07, 6.45) is 3.09. The third kappa shape index (κ3) is 2.10. The molecule has 2 aromatic rings. The summed E-state index contributed by atoms with van der Waals surface area (Å²) in [5, 5.41) is 0. The summed E-state index contributed by atoms with van der Waals surface area (Å²) >= 11 is 0. The van der Waals surface area contributed by atoms with Crippen molar-refractivity contribution in [1.82, 2.24) is 14.5 Å². The van der Waals surface area contributed by atoms with Gasteiger partial charge in [0.05, 0.1) is 6.61 Å². The van der Waals surface area contributed by atoms with E-state index in [1.807, 2.05) is 6.07 Å². The van der Waals surface area contributed by atoms with Gasteiger partial charge in [-0.05, 0) is 19.1 Å². The average molecular weight is 232 g/mol. The topological polar surface area (TPSA) is 83.0 Å². The van der Waals surface area contributed by atoms with Crippen LogP contribution in [-0.4, -0.2) is 27.1 Å². The Morgan fingerprint density at radius 1 is 1.47 bits per heavy atom. The van der Waals surface area contributed by atoms with Crippen molar-refractivity contribution in [2.75, 3.05) is 12.3 Å². The zero-order valence-electron chi connectivity index (χ0n) is 9.33. The Bertz CT molecular complexity index is 522. The van der Waals surface area contributed by atoms with Crippen LogP contribution in [0.15, 0.2) is 30.7 Å². The van der Waals surface area contributed by atoms with Crippen LogP contribution >= 0.6 is 0 Å². The fourth-order valence-corrected chi connectivity index (χ4v) is 1.39. The third-order valence-corrected chi connectivity index (χ3v) is 2.17. The smallest absolute Gasteiger partial charge is 0.360 e. The van der Waals surface area contributed by atoms with Gasteiger partial charge >= 0.3 is 5.97 Å². The zero-order valence-corrected chi connectivity index (χ0v) is 9.33. The minimum Gasteiger partial charge on any atom is -0.461 e. The van der Waals surface area contributed by atoms with Gasteiger partial charge in [0, 0.05) is 6.20 Å². The molecule has 0 saturated carbocycles. The van der Waals surface area contributed by atoms with Gasteiger partial charge in [-0.25, -0.2) is 14.8 Å². The van der Waals surface area contributed by atoms with Gasteiger partial charge in [0.25, 0.3) is 0 Å². The third-order valence-electron chi connectivity index (χ3n) is 2.17. The van der Waals surface area contributed by atoms with Crippen LogP contribution in [0.1, 0.15) is 17.4 Å². The maximum atomic E-state index is 11.5. The predicted molar refractivity (Wildman–Crippen MR) is 61.7 cm³/mol. The normalized spacial score (nSPS) is 10.2. The van der Waals surface area contributed by atoms with Gasteiger partial charge in [-0.2, -0.15) is 0 Å². The highest BCUT2D eigenvalue weighted by Gasteiger charge is 2.17. The van der Waals surface area contributed by atoms with Crippen molar-refractivity contribution < 1.29 is 9.53 Å². The molecule has 2 aromatic heterocycles. The molecule has 2 heterocycles. The van der Waals surface area contributed by atoms with Crippen molar-refractivity contribution in [2.24, 2.45) is 0 Å². The lowest BCUT2D eigenvalue weighted by molar-refractivity contribution is 0.0521. The molecule has 6 heteroatoms. The number of anilines is 1. The Balaban J connectivity index is 2.37. The van der Waals surface area contributed by atoms with Crippen LogP contribution in [-0.2, 0) is 4.74 Å². The number of imidazole rings is 1. The summed E-state index contributed by atoms with van der Waals surface area (Å²) in [4.78, 5) is 19.6. The average Bonchev–Trinajstić information content (AvgIpc) is 2.72.